The molecule has 25 heavy (non-hydrogen) atoms. The molecular weight excluding hydrogens is 332 g/mol. The van der Waals surface area contributed by atoms with Crippen LogP contribution in [0.2, 0.25) is 0 Å². The van der Waals surface area contributed by atoms with Crippen LogP contribution >= 0.6 is 0 Å². The standard InChI is InChI=1S/C9H12O4.C8H10O4/c1-3-8(10)12-6-5-7-13-9(11)4-2;1-3-7(9)11-5-6-12-8(10)4-2/h3-4H,1-2,5-7H2;3-4H,1-2,5-6H2. The van der Waals surface area contributed by atoms with Crippen molar-refractivity contribution in [2.24, 2.45) is 0 Å². The van der Waals surface area contributed by atoms with Gasteiger partial charge in [0.05, 0.1) is 13.2 Å². The van der Waals surface area contributed by atoms with E-state index in [9.17, 15) is 19.2 Å². The normalized spacial score (nSPS) is 8.48. The summed E-state index contributed by atoms with van der Waals surface area (Å²) in [7, 11) is 0. The smallest absolute Gasteiger partial charge is 0.330 e. The van der Waals surface area contributed by atoms with Crippen molar-refractivity contribution in [1.29, 1.82) is 0 Å². The van der Waals surface area contributed by atoms with Gasteiger partial charge in [-0.2, -0.15) is 0 Å². The minimum absolute atomic E-state index is 0.0322. The molecule has 0 spiro atoms. The lowest BCUT2D eigenvalue weighted by molar-refractivity contribution is -0.146. The van der Waals surface area contributed by atoms with Crippen LogP contribution in [0, 0.1) is 0 Å². The first-order valence-corrected chi connectivity index (χ1v) is 7.08. The van der Waals surface area contributed by atoms with Gasteiger partial charge in [0.25, 0.3) is 0 Å². The first-order valence-electron chi connectivity index (χ1n) is 7.08. The van der Waals surface area contributed by atoms with Crippen LogP contribution in [0.1, 0.15) is 6.42 Å². The molecule has 0 bridgehead atoms. The van der Waals surface area contributed by atoms with Crippen LogP contribution in [0.25, 0.3) is 0 Å². The zero-order valence-electron chi connectivity index (χ0n) is 13.9. The van der Waals surface area contributed by atoms with Crippen LogP contribution in [0.15, 0.2) is 50.6 Å². The van der Waals surface area contributed by atoms with E-state index >= 15 is 0 Å². The van der Waals surface area contributed by atoms with Crippen molar-refractivity contribution in [2.75, 3.05) is 26.4 Å². The largest absolute Gasteiger partial charge is 0.462 e. The van der Waals surface area contributed by atoms with Crippen LogP contribution in [0.4, 0.5) is 0 Å². The second-order valence-electron chi connectivity index (χ2n) is 3.84. The van der Waals surface area contributed by atoms with E-state index in [0.717, 1.165) is 24.3 Å². The number of hydrogen-bond donors (Lipinski definition) is 0. The van der Waals surface area contributed by atoms with Crippen molar-refractivity contribution < 1.29 is 38.1 Å². The molecular formula is C17H22O8. The number of rotatable bonds is 11. The Bertz CT molecular complexity index is 449. The minimum Gasteiger partial charge on any atom is -0.462 e. The molecule has 0 N–H and O–H groups in total. The molecule has 8 heteroatoms. The third kappa shape index (κ3) is 18.8. The highest BCUT2D eigenvalue weighted by atomic mass is 16.6. The molecule has 0 aromatic carbocycles. The van der Waals surface area contributed by atoms with Gasteiger partial charge >= 0.3 is 23.9 Å². The summed E-state index contributed by atoms with van der Waals surface area (Å²) in [6, 6.07) is 0. The minimum atomic E-state index is -0.537. The quantitative estimate of drug-likeness (QED) is 0.236. The summed E-state index contributed by atoms with van der Waals surface area (Å²) in [6.07, 6.45) is 4.70. The maximum Gasteiger partial charge on any atom is 0.330 e. The summed E-state index contributed by atoms with van der Waals surface area (Å²) in [5.74, 6) is -2.03. The Morgan fingerprint density at radius 1 is 0.520 bits per heavy atom. The van der Waals surface area contributed by atoms with Crippen molar-refractivity contribution in [3.8, 4) is 0 Å². The first-order chi connectivity index (χ1) is 11.9. The average Bonchev–Trinajstić information content (AvgIpc) is 2.64. The summed E-state index contributed by atoms with van der Waals surface area (Å²) in [5.41, 5.74) is 0. The molecule has 0 aliphatic rings. The molecule has 0 heterocycles. The van der Waals surface area contributed by atoms with E-state index in [1.807, 2.05) is 0 Å². The summed E-state index contributed by atoms with van der Waals surface area (Å²) < 4.78 is 18.3. The number of ether oxygens (including phenoxy) is 4. The highest BCUT2D eigenvalue weighted by Gasteiger charge is 1.98. The molecule has 0 saturated carbocycles. The van der Waals surface area contributed by atoms with Crippen molar-refractivity contribution in [1.82, 2.24) is 0 Å². The predicted octanol–water partition coefficient (Wildman–Crippen LogP) is 1.28. The van der Waals surface area contributed by atoms with E-state index in [-0.39, 0.29) is 26.4 Å². The molecule has 0 radical (unpaired) electrons. The Morgan fingerprint density at radius 2 is 0.760 bits per heavy atom. The summed E-state index contributed by atoms with van der Waals surface area (Å²) in [4.78, 5) is 41.9. The van der Waals surface area contributed by atoms with Gasteiger partial charge in [0.1, 0.15) is 13.2 Å². The fraction of sp³-hybridized carbons (Fsp3) is 0.294. The Labute approximate surface area is 146 Å². The van der Waals surface area contributed by atoms with Gasteiger partial charge in [0.15, 0.2) is 0 Å². The van der Waals surface area contributed by atoms with Gasteiger partial charge in [-0.3, -0.25) is 0 Å². The summed E-state index contributed by atoms with van der Waals surface area (Å²) >= 11 is 0. The maximum absolute atomic E-state index is 10.5. The van der Waals surface area contributed by atoms with Crippen LogP contribution in [0.3, 0.4) is 0 Å². The SMILES string of the molecule is C=CC(=O)OCCCOC(=O)C=C.C=CC(=O)OCCOC(=O)C=C. The van der Waals surface area contributed by atoms with Crippen molar-refractivity contribution in [2.45, 2.75) is 6.42 Å². The molecule has 138 valence electrons. The third-order valence-corrected chi connectivity index (χ3v) is 2.02. The van der Waals surface area contributed by atoms with E-state index in [4.69, 9.17) is 0 Å². The molecule has 0 unspecified atom stereocenters. The lowest BCUT2D eigenvalue weighted by Gasteiger charge is -2.02. The topological polar surface area (TPSA) is 105 Å². The number of carbonyl (C=O) groups is 4. The second kappa shape index (κ2) is 17.2. The van der Waals surface area contributed by atoms with Crippen molar-refractivity contribution >= 4 is 23.9 Å². The predicted molar refractivity (Wildman–Crippen MR) is 89.2 cm³/mol. The van der Waals surface area contributed by atoms with Gasteiger partial charge < -0.3 is 18.9 Å². The molecule has 0 saturated heterocycles. The summed E-state index contributed by atoms with van der Waals surface area (Å²) in [5, 5.41) is 0. The Hall–Kier alpha value is -3.16. The van der Waals surface area contributed by atoms with Crippen LogP contribution in [-0.4, -0.2) is 50.3 Å². The molecule has 0 fully saturated rings. The first kappa shape index (κ1) is 24.1. The van der Waals surface area contributed by atoms with Gasteiger partial charge in [-0.15, -0.1) is 0 Å². The molecule has 8 nitrogen and oxygen atoms in total. The van der Waals surface area contributed by atoms with Crippen LogP contribution in [0.5, 0.6) is 0 Å². The number of carbonyl (C=O) groups excluding carboxylic acids is 4. The van der Waals surface area contributed by atoms with E-state index in [2.05, 4.69) is 45.3 Å². The van der Waals surface area contributed by atoms with Gasteiger partial charge in [-0.05, 0) is 0 Å². The average molecular weight is 354 g/mol. The lowest BCUT2D eigenvalue weighted by atomic mass is 10.5. The highest BCUT2D eigenvalue weighted by Crippen LogP contribution is 1.88. The molecule has 0 rings (SSSR count). The number of esters is 4. The summed E-state index contributed by atoms with van der Waals surface area (Å²) in [6.45, 7) is 13.3. The second-order valence-corrected chi connectivity index (χ2v) is 3.84. The number of hydrogen-bond acceptors (Lipinski definition) is 8. The maximum atomic E-state index is 10.5. The molecule has 0 aromatic rings. The monoisotopic (exact) mass is 354 g/mol. The third-order valence-electron chi connectivity index (χ3n) is 2.02. The van der Waals surface area contributed by atoms with Crippen molar-refractivity contribution in [3.05, 3.63) is 50.6 Å². The molecule has 0 amide bonds. The lowest BCUT2D eigenvalue weighted by Crippen LogP contribution is -2.10. The molecule has 0 atom stereocenters. The zero-order chi connectivity index (χ0) is 19.5. The van der Waals surface area contributed by atoms with E-state index < -0.39 is 23.9 Å². The Kier molecular flexibility index (Phi) is 16.6. The Balaban J connectivity index is 0. The molecule has 0 aliphatic carbocycles. The highest BCUT2D eigenvalue weighted by molar-refractivity contribution is 5.82. The van der Waals surface area contributed by atoms with Gasteiger partial charge in [0, 0.05) is 30.7 Å². The van der Waals surface area contributed by atoms with Crippen LogP contribution < -0.4 is 0 Å². The molecule has 0 aromatic heterocycles. The zero-order valence-corrected chi connectivity index (χ0v) is 13.9. The van der Waals surface area contributed by atoms with Crippen molar-refractivity contribution in [3.63, 3.8) is 0 Å². The van der Waals surface area contributed by atoms with Gasteiger partial charge in [-0.25, -0.2) is 19.2 Å². The fourth-order valence-corrected chi connectivity index (χ4v) is 0.925. The van der Waals surface area contributed by atoms with E-state index in [0.29, 0.717) is 6.42 Å². The molecule has 0 aliphatic heterocycles. The van der Waals surface area contributed by atoms with E-state index in [1.54, 1.807) is 0 Å². The van der Waals surface area contributed by atoms with Gasteiger partial charge in [0.2, 0.25) is 0 Å². The van der Waals surface area contributed by atoms with Gasteiger partial charge in [-0.1, -0.05) is 26.3 Å². The fourth-order valence-electron chi connectivity index (χ4n) is 0.925. The van der Waals surface area contributed by atoms with E-state index in [1.165, 1.54) is 0 Å². The van der Waals surface area contributed by atoms with Crippen LogP contribution in [-0.2, 0) is 38.1 Å². The Morgan fingerprint density at radius 3 is 1.00 bits per heavy atom.